The van der Waals surface area contributed by atoms with E-state index in [1.807, 2.05) is 6.92 Å². The summed E-state index contributed by atoms with van der Waals surface area (Å²) in [7, 11) is 0. The number of hydrogen-bond acceptors (Lipinski definition) is 2. The zero-order chi connectivity index (χ0) is 13.5. The number of amides is 1. The van der Waals surface area contributed by atoms with E-state index in [4.69, 9.17) is 28.3 Å². The fraction of sp³-hybridized carbons (Fsp3) is 0.462. The van der Waals surface area contributed by atoms with Crippen LogP contribution in [0.3, 0.4) is 0 Å². The maximum Gasteiger partial charge on any atom is 0.251 e. The molecule has 0 heterocycles. The van der Waals surface area contributed by atoms with Crippen LogP contribution in [0, 0.1) is 5.92 Å². The van der Waals surface area contributed by atoms with E-state index < -0.39 is 0 Å². The molecule has 1 unspecified atom stereocenters. The second-order valence-electron chi connectivity index (χ2n) is 4.34. The number of aliphatic hydroxyl groups excluding tert-OH is 1. The van der Waals surface area contributed by atoms with Gasteiger partial charge in [-0.15, -0.1) is 0 Å². The number of hydrogen-bond donors (Lipinski definition) is 2. The highest BCUT2D eigenvalue weighted by molar-refractivity contribution is 6.35. The molecule has 0 radical (unpaired) electrons. The third-order valence-electron chi connectivity index (χ3n) is 2.60. The lowest BCUT2D eigenvalue weighted by molar-refractivity contribution is 0.0952. The number of halogens is 2. The Morgan fingerprint density at radius 3 is 2.50 bits per heavy atom. The third kappa shape index (κ3) is 5.25. The van der Waals surface area contributed by atoms with E-state index in [2.05, 4.69) is 5.32 Å². The first-order chi connectivity index (χ1) is 8.52. The smallest absolute Gasteiger partial charge is 0.251 e. The van der Waals surface area contributed by atoms with Crippen LogP contribution in [0.1, 0.15) is 30.1 Å². The van der Waals surface area contributed by atoms with Gasteiger partial charge in [0, 0.05) is 28.8 Å². The fourth-order valence-electron chi connectivity index (χ4n) is 1.53. The average molecular weight is 290 g/mol. The number of carbonyl (C=O) groups excluding carboxylic acids is 1. The summed E-state index contributed by atoms with van der Waals surface area (Å²) in [4.78, 5) is 11.8. The summed E-state index contributed by atoms with van der Waals surface area (Å²) in [5.74, 6) is 0.0820. The molecule has 0 spiro atoms. The molecule has 1 rings (SSSR count). The lowest BCUT2D eigenvalue weighted by Gasteiger charge is -2.09. The lowest BCUT2D eigenvalue weighted by Crippen LogP contribution is -2.24. The molecule has 0 fully saturated rings. The Bertz CT molecular complexity index is 390. The van der Waals surface area contributed by atoms with Crippen LogP contribution >= 0.6 is 23.2 Å². The molecule has 100 valence electrons. The number of carbonyl (C=O) groups is 1. The Balaban J connectivity index is 2.41. The van der Waals surface area contributed by atoms with Gasteiger partial charge in [0.25, 0.3) is 5.91 Å². The summed E-state index contributed by atoms with van der Waals surface area (Å²) >= 11 is 11.6. The molecule has 0 aromatic heterocycles. The van der Waals surface area contributed by atoms with E-state index in [0.717, 1.165) is 12.8 Å². The van der Waals surface area contributed by atoms with Crippen molar-refractivity contribution in [2.24, 2.45) is 5.92 Å². The van der Waals surface area contributed by atoms with Crippen molar-refractivity contribution < 1.29 is 9.90 Å². The Hall–Kier alpha value is -0.770. The van der Waals surface area contributed by atoms with Gasteiger partial charge in [-0.1, -0.05) is 30.1 Å². The molecule has 0 aliphatic rings. The van der Waals surface area contributed by atoms with E-state index >= 15 is 0 Å². The Morgan fingerprint density at radius 2 is 1.94 bits per heavy atom. The highest BCUT2D eigenvalue weighted by atomic mass is 35.5. The largest absolute Gasteiger partial charge is 0.396 e. The van der Waals surface area contributed by atoms with Crippen molar-refractivity contribution in [2.75, 3.05) is 13.2 Å². The molecule has 0 aliphatic carbocycles. The summed E-state index contributed by atoms with van der Waals surface area (Å²) < 4.78 is 0. The SMILES string of the molecule is CC(CO)CCCNC(=O)c1cc(Cl)cc(Cl)c1. The minimum Gasteiger partial charge on any atom is -0.396 e. The molecular weight excluding hydrogens is 273 g/mol. The standard InChI is InChI=1S/C13H17Cl2NO2/c1-9(8-17)3-2-4-16-13(18)10-5-11(14)7-12(15)6-10/h5-7,9,17H,2-4,8H2,1H3,(H,16,18). The number of rotatable bonds is 6. The first kappa shape index (κ1) is 15.3. The molecule has 18 heavy (non-hydrogen) atoms. The minimum atomic E-state index is -0.184. The zero-order valence-electron chi connectivity index (χ0n) is 10.2. The summed E-state index contributed by atoms with van der Waals surface area (Å²) in [6, 6.07) is 4.75. The first-order valence-corrected chi connectivity index (χ1v) is 6.63. The van der Waals surface area contributed by atoms with Gasteiger partial charge in [-0.3, -0.25) is 4.79 Å². The maximum atomic E-state index is 11.8. The van der Waals surface area contributed by atoms with Crippen molar-refractivity contribution >= 4 is 29.1 Å². The molecule has 1 aromatic carbocycles. The van der Waals surface area contributed by atoms with E-state index in [0.29, 0.717) is 22.2 Å². The van der Waals surface area contributed by atoms with E-state index in [1.165, 1.54) is 0 Å². The zero-order valence-corrected chi connectivity index (χ0v) is 11.8. The van der Waals surface area contributed by atoms with Crippen LogP contribution in [-0.4, -0.2) is 24.2 Å². The summed E-state index contributed by atoms with van der Waals surface area (Å²) in [6.07, 6.45) is 1.72. The van der Waals surface area contributed by atoms with Gasteiger partial charge < -0.3 is 10.4 Å². The monoisotopic (exact) mass is 289 g/mol. The van der Waals surface area contributed by atoms with Crippen molar-refractivity contribution in [1.82, 2.24) is 5.32 Å². The second kappa shape index (κ2) is 7.62. The van der Waals surface area contributed by atoms with Crippen LogP contribution < -0.4 is 5.32 Å². The van der Waals surface area contributed by atoms with Crippen LogP contribution in [0.4, 0.5) is 0 Å². The molecule has 0 bridgehead atoms. The summed E-state index contributed by atoms with van der Waals surface area (Å²) in [5, 5.41) is 12.6. The fourth-order valence-corrected chi connectivity index (χ4v) is 2.06. The Morgan fingerprint density at radius 1 is 1.33 bits per heavy atom. The predicted octanol–water partition coefficient (Wildman–Crippen LogP) is 3.13. The van der Waals surface area contributed by atoms with Crippen LogP contribution in [0.2, 0.25) is 10.0 Å². The van der Waals surface area contributed by atoms with Gasteiger partial charge in [0.15, 0.2) is 0 Å². The highest BCUT2D eigenvalue weighted by Gasteiger charge is 2.07. The normalized spacial score (nSPS) is 12.2. The van der Waals surface area contributed by atoms with Gasteiger partial charge in [-0.05, 0) is 37.0 Å². The van der Waals surface area contributed by atoms with Gasteiger partial charge in [-0.25, -0.2) is 0 Å². The number of benzene rings is 1. The molecule has 2 N–H and O–H groups in total. The van der Waals surface area contributed by atoms with Crippen LogP contribution in [0.15, 0.2) is 18.2 Å². The van der Waals surface area contributed by atoms with Crippen molar-refractivity contribution in [3.05, 3.63) is 33.8 Å². The van der Waals surface area contributed by atoms with Gasteiger partial charge in [0.1, 0.15) is 0 Å². The quantitative estimate of drug-likeness (QED) is 0.791. The van der Waals surface area contributed by atoms with Gasteiger partial charge >= 0.3 is 0 Å². The Kier molecular flexibility index (Phi) is 6.47. The lowest BCUT2D eigenvalue weighted by atomic mass is 10.1. The Labute approximate surface area is 117 Å². The molecule has 1 aromatic rings. The van der Waals surface area contributed by atoms with Gasteiger partial charge in [-0.2, -0.15) is 0 Å². The molecule has 5 heteroatoms. The van der Waals surface area contributed by atoms with Crippen molar-refractivity contribution in [2.45, 2.75) is 19.8 Å². The molecular formula is C13H17Cl2NO2. The van der Waals surface area contributed by atoms with Crippen molar-refractivity contribution in [3.63, 3.8) is 0 Å². The van der Waals surface area contributed by atoms with E-state index in [9.17, 15) is 4.79 Å². The summed E-state index contributed by atoms with van der Waals surface area (Å²) in [6.45, 7) is 2.73. The maximum absolute atomic E-state index is 11.8. The van der Waals surface area contributed by atoms with Gasteiger partial charge in [0.2, 0.25) is 0 Å². The van der Waals surface area contributed by atoms with Gasteiger partial charge in [0.05, 0.1) is 0 Å². The van der Waals surface area contributed by atoms with E-state index in [1.54, 1.807) is 18.2 Å². The molecule has 3 nitrogen and oxygen atoms in total. The molecule has 1 amide bonds. The first-order valence-electron chi connectivity index (χ1n) is 5.88. The van der Waals surface area contributed by atoms with Crippen LogP contribution in [0.25, 0.3) is 0 Å². The number of nitrogens with one attached hydrogen (secondary N) is 1. The number of aliphatic hydroxyl groups is 1. The van der Waals surface area contributed by atoms with Crippen LogP contribution in [-0.2, 0) is 0 Å². The molecule has 0 saturated carbocycles. The van der Waals surface area contributed by atoms with Crippen molar-refractivity contribution in [1.29, 1.82) is 0 Å². The second-order valence-corrected chi connectivity index (χ2v) is 5.22. The highest BCUT2D eigenvalue weighted by Crippen LogP contribution is 2.18. The van der Waals surface area contributed by atoms with Crippen LogP contribution in [0.5, 0.6) is 0 Å². The summed E-state index contributed by atoms with van der Waals surface area (Å²) in [5.41, 5.74) is 0.461. The third-order valence-corrected chi connectivity index (χ3v) is 3.03. The molecule has 0 aliphatic heterocycles. The van der Waals surface area contributed by atoms with Crippen molar-refractivity contribution in [3.8, 4) is 0 Å². The topological polar surface area (TPSA) is 49.3 Å². The molecule has 1 atom stereocenters. The average Bonchev–Trinajstić information content (AvgIpc) is 2.32. The predicted molar refractivity (Wildman–Crippen MR) is 74.3 cm³/mol. The minimum absolute atomic E-state index is 0.178. The van der Waals surface area contributed by atoms with E-state index in [-0.39, 0.29) is 18.4 Å². The molecule has 0 saturated heterocycles.